The number of hydrogen-bond donors (Lipinski definition) is 0. The third kappa shape index (κ3) is 2.98. The van der Waals surface area contributed by atoms with Crippen LogP contribution in [0.2, 0.25) is 0 Å². The van der Waals surface area contributed by atoms with Crippen molar-refractivity contribution in [3.63, 3.8) is 0 Å². The molecule has 0 saturated carbocycles. The summed E-state index contributed by atoms with van der Waals surface area (Å²) in [4.78, 5) is 24.4. The number of allylic oxidation sites excluding steroid dienone is 2. The normalized spacial score (nSPS) is 17.2. The van der Waals surface area contributed by atoms with Crippen LogP contribution in [0.5, 0.6) is 0 Å². The first-order chi connectivity index (χ1) is 11.8. The van der Waals surface area contributed by atoms with E-state index in [9.17, 15) is 4.79 Å². The second-order valence-electron chi connectivity index (χ2n) is 5.54. The Hall–Kier alpha value is -2.79. The van der Waals surface area contributed by atoms with Crippen molar-refractivity contribution in [2.75, 3.05) is 0 Å². The molecule has 4 nitrogen and oxygen atoms in total. The molecule has 2 aromatic rings. The van der Waals surface area contributed by atoms with Gasteiger partial charge < -0.3 is 4.90 Å². The third-order valence-electron chi connectivity index (χ3n) is 3.87. The van der Waals surface area contributed by atoms with Crippen LogP contribution in [0.3, 0.4) is 0 Å². The molecule has 4 rings (SSSR count). The number of carbonyl (C=O) groups excluding carboxylic acids is 1. The molecule has 0 atom stereocenters. The van der Waals surface area contributed by atoms with Crippen LogP contribution in [-0.4, -0.2) is 22.5 Å². The van der Waals surface area contributed by atoms with E-state index in [1.54, 1.807) is 11.3 Å². The van der Waals surface area contributed by atoms with Crippen molar-refractivity contribution in [1.29, 1.82) is 0 Å². The minimum atomic E-state index is -0.171. The minimum Gasteiger partial charge on any atom is -0.329 e. The van der Waals surface area contributed by atoms with Gasteiger partial charge in [-0.15, -0.1) is 11.3 Å². The maximum atomic E-state index is 12.4. The summed E-state index contributed by atoms with van der Waals surface area (Å²) in [7, 11) is 0. The lowest BCUT2D eigenvalue weighted by atomic mass is 10.1. The highest BCUT2D eigenvalue weighted by Gasteiger charge is 2.20. The lowest BCUT2D eigenvalue weighted by Gasteiger charge is -2.20. The van der Waals surface area contributed by atoms with E-state index in [4.69, 9.17) is 0 Å². The first-order valence-electron chi connectivity index (χ1n) is 7.72. The third-order valence-corrected chi connectivity index (χ3v) is 4.75. The van der Waals surface area contributed by atoms with E-state index in [1.165, 1.54) is 0 Å². The van der Waals surface area contributed by atoms with E-state index < -0.39 is 0 Å². The highest BCUT2D eigenvalue weighted by molar-refractivity contribution is 7.10. The number of fused-ring (bicyclic) bond motifs is 2. The van der Waals surface area contributed by atoms with Gasteiger partial charge in [0, 0.05) is 23.2 Å². The molecule has 1 amide bonds. The van der Waals surface area contributed by atoms with Gasteiger partial charge in [-0.3, -0.25) is 4.79 Å². The first-order valence-corrected chi connectivity index (χ1v) is 8.60. The molecule has 0 bridgehead atoms. The van der Waals surface area contributed by atoms with Gasteiger partial charge >= 0.3 is 0 Å². The van der Waals surface area contributed by atoms with Crippen molar-refractivity contribution in [3.8, 4) is 0 Å². The highest BCUT2D eigenvalue weighted by Crippen LogP contribution is 2.21. The van der Waals surface area contributed by atoms with Crippen LogP contribution in [0.1, 0.15) is 16.0 Å². The zero-order valence-corrected chi connectivity index (χ0v) is 13.7. The molecule has 2 aliphatic heterocycles. The summed E-state index contributed by atoms with van der Waals surface area (Å²) < 4.78 is 0. The predicted molar refractivity (Wildman–Crippen MR) is 97.3 cm³/mol. The number of amides is 1. The van der Waals surface area contributed by atoms with Gasteiger partial charge in [0.25, 0.3) is 5.91 Å². The van der Waals surface area contributed by atoms with Gasteiger partial charge in [-0.1, -0.05) is 36.4 Å². The standard InChI is InChI=1S/C19H15N3OS/c23-18(12-15-7-5-11-24-15)21-19-16-8-2-1-6-14(16)13-22-10-4-3-9-17(22)20-19/h1-11H,12-13H2. The van der Waals surface area contributed by atoms with Crippen LogP contribution < -0.4 is 0 Å². The molecule has 0 N–H and O–H groups in total. The van der Waals surface area contributed by atoms with Gasteiger partial charge in [0.2, 0.25) is 0 Å². The molecule has 1 aromatic heterocycles. The Morgan fingerprint density at radius 1 is 1.21 bits per heavy atom. The molecule has 0 saturated heterocycles. The fraction of sp³-hybridized carbons (Fsp3) is 0.105. The van der Waals surface area contributed by atoms with E-state index in [1.807, 2.05) is 60.1 Å². The van der Waals surface area contributed by atoms with Gasteiger partial charge in [0.1, 0.15) is 5.84 Å². The van der Waals surface area contributed by atoms with Gasteiger partial charge in [0.05, 0.1) is 6.42 Å². The first kappa shape index (κ1) is 14.8. The number of rotatable bonds is 2. The molecule has 1 aromatic carbocycles. The molecule has 5 heteroatoms. The van der Waals surface area contributed by atoms with Gasteiger partial charge in [-0.25, -0.2) is 4.99 Å². The summed E-state index contributed by atoms with van der Waals surface area (Å²) in [5, 5.41) is 1.97. The molecule has 118 valence electrons. The van der Waals surface area contributed by atoms with Crippen LogP contribution in [0.4, 0.5) is 0 Å². The number of hydrogen-bond acceptors (Lipinski definition) is 3. The molecule has 0 aliphatic carbocycles. The van der Waals surface area contributed by atoms with Crippen molar-refractivity contribution in [1.82, 2.24) is 4.90 Å². The molecule has 0 spiro atoms. The van der Waals surface area contributed by atoms with Gasteiger partial charge in [0.15, 0.2) is 5.84 Å². The fourth-order valence-corrected chi connectivity index (χ4v) is 3.43. The molecule has 0 unspecified atom stereocenters. The van der Waals surface area contributed by atoms with Crippen molar-refractivity contribution < 1.29 is 4.79 Å². The van der Waals surface area contributed by atoms with Crippen LogP contribution in [-0.2, 0) is 17.8 Å². The summed E-state index contributed by atoms with van der Waals surface area (Å²) >= 11 is 1.57. The van der Waals surface area contributed by atoms with Crippen LogP contribution in [0.25, 0.3) is 0 Å². The van der Waals surface area contributed by atoms with Crippen molar-refractivity contribution >= 4 is 28.9 Å². The Bertz CT molecular complexity index is 891. The van der Waals surface area contributed by atoms with E-state index >= 15 is 0 Å². The maximum Gasteiger partial charge on any atom is 0.252 e. The number of aliphatic imine (C=N–C) groups is 2. The van der Waals surface area contributed by atoms with E-state index in [0.29, 0.717) is 18.8 Å². The topological polar surface area (TPSA) is 45.0 Å². The van der Waals surface area contributed by atoms with E-state index in [2.05, 4.69) is 21.0 Å². The van der Waals surface area contributed by atoms with Gasteiger partial charge in [-0.2, -0.15) is 4.99 Å². The average molecular weight is 333 g/mol. The number of carbonyl (C=O) groups is 1. The number of nitrogens with zero attached hydrogens (tertiary/aromatic N) is 3. The summed E-state index contributed by atoms with van der Waals surface area (Å²) in [5.41, 5.74) is 2.03. The monoisotopic (exact) mass is 333 g/mol. The second-order valence-corrected chi connectivity index (χ2v) is 6.57. The van der Waals surface area contributed by atoms with E-state index in [-0.39, 0.29) is 5.91 Å². The lowest BCUT2D eigenvalue weighted by Crippen LogP contribution is -2.24. The molecule has 3 heterocycles. The zero-order valence-electron chi connectivity index (χ0n) is 12.9. The van der Waals surface area contributed by atoms with Crippen LogP contribution in [0, 0.1) is 0 Å². The summed E-state index contributed by atoms with van der Waals surface area (Å²) in [6.45, 7) is 0.716. The number of benzene rings is 1. The molecular formula is C19H15N3OS. The second kappa shape index (κ2) is 6.37. The Labute approximate surface area is 144 Å². The summed E-state index contributed by atoms with van der Waals surface area (Å²) in [6, 6.07) is 11.9. The van der Waals surface area contributed by atoms with Crippen molar-refractivity contribution in [3.05, 3.63) is 82.2 Å². The zero-order chi connectivity index (χ0) is 16.4. The number of amidine groups is 2. The van der Waals surface area contributed by atoms with E-state index in [0.717, 1.165) is 21.8 Å². The molecule has 24 heavy (non-hydrogen) atoms. The fourth-order valence-electron chi connectivity index (χ4n) is 2.74. The molecule has 0 fully saturated rings. The average Bonchev–Trinajstić information content (AvgIpc) is 3.03. The SMILES string of the molecule is O=C(Cc1cccs1)N=C1N=C2C=CC=CN2Cc2ccccc21. The summed E-state index contributed by atoms with van der Waals surface area (Å²) in [6.07, 6.45) is 8.16. The minimum absolute atomic E-state index is 0.171. The maximum absolute atomic E-state index is 12.4. The Morgan fingerprint density at radius 2 is 2.12 bits per heavy atom. The van der Waals surface area contributed by atoms with Crippen molar-refractivity contribution in [2.24, 2.45) is 9.98 Å². The molecule has 2 aliphatic rings. The summed E-state index contributed by atoms with van der Waals surface area (Å²) in [5.74, 6) is 1.12. The van der Waals surface area contributed by atoms with Crippen LogP contribution >= 0.6 is 11.3 Å². The van der Waals surface area contributed by atoms with Gasteiger partial charge in [-0.05, 0) is 29.2 Å². The van der Waals surface area contributed by atoms with Crippen LogP contribution in [0.15, 0.2) is 76.2 Å². The quantitative estimate of drug-likeness (QED) is 0.843. The molecule has 0 radical (unpaired) electrons. The predicted octanol–water partition coefficient (Wildman–Crippen LogP) is 3.56. The number of thiophene rings is 1. The smallest absolute Gasteiger partial charge is 0.252 e. The Morgan fingerprint density at radius 3 is 3.00 bits per heavy atom. The van der Waals surface area contributed by atoms with Crippen molar-refractivity contribution in [2.45, 2.75) is 13.0 Å². The Kier molecular flexibility index (Phi) is 3.92. The highest BCUT2D eigenvalue weighted by atomic mass is 32.1. The largest absolute Gasteiger partial charge is 0.329 e. The molecular weight excluding hydrogens is 318 g/mol. The lowest BCUT2D eigenvalue weighted by molar-refractivity contribution is -0.117. The Balaban J connectivity index is 1.74.